The first-order chi connectivity index (χ1) is 10.1. The van der Waals surface area contributed by atoms with Crippen LogP contribution in [0.25, 0.3) is 16.9 Å². The number of hydrogen-bond acceptors (Lipinski definition) is 4. The van der Waals surface area contributed by atoms with Gasteiger partial charge in [-0.25, -0.2) is 9.50 Å². The molecule has 0 saturated carbocycles. The highest BCUT2D eigenvalue weighted by Crippen LogP contribution is 2.25. The molecule has 2 heterocycles. The zero-order valence-electron chi connectivity index (χ0n) is 10.9. The molecule has 0 aliphatic carbocycles. The summed E-state index contributed by atoms with van der Waals surface area (Å²) in [4.78, 5) is 15.8. The minimum atomic E-state index is -0.625. The number of benzene rings is 1. The number of carbonyl (C=O) groups is 1. The fourth-order valence-corrected chi connectivity index (χ4v) is 2.33. The highest BCUT2D eigenvalue weighted by Gasteiger charge is 2.15. The molecule has 0 aliphatic heterocycles. The van der Waals surface area contributed by atoms with Gasteiger partial charge < -0.3 is 4.74 Å². The number of methoxy groups -OCH3 is 1. The molecule has 0 saturated heterocycles. The van der Waals surface area contributed by atoms with Crippen molar-refractivity contribution in [3.63, 3.8) is 0 Å². The highest BCUT2D eigenvalue weighted by molar-refractivity contribution is 6.68. The average Bonchev–Trinajstić information content (AvgIpc) is 2.92. The van der Waals surface area contributed by atoms with Gasteiger partial charge in [0, 0.05) is 11.6 Å². The van der Waals surface area contributed by atoms with Crippen molar-refractivity contribution in [2.45, 2.75) is 0 Å². The van der Waals surface area contributed by atoms with Crippen LogP contribution < -0.4 is 4.74 Å². The van der Waals surface area contributed by atoms with Crippen LogP contribution in [0.4, 0.5) is 0 Å². The van der Waals surface area contributed by atoms with Crippen molar-refractivity contribution in [1.82, 2.24) is 14.6 Å². The second-order valence-electron chi connectivity index (χ2n) is 4.26. The molecule has 106 valence electrons. The van der Waals surface area contributed by atoms with Crippen molar-refractivity contribution in [1.29, 1.82) is 0 Å². The van der Waals surface area contributed by atoms with Crippen LogP contribution in [0.1, 0.15) is 10.4 Å². The van der Waals surface area contributed by atoms with E-state index in [9.17, 15) is 4.79 Å². The van der Waals surface area contributed by atoms with E-state index in [1.165, 1.54) is 10.7 Å². The SMILES string of the molecule is COc1ccc(-c2cc(Cl)n3ncc(C(=O)Cl)c3n2)cc1. The summed E-state index contributed by atoms with van der Waals surface area (Å²) in [6.07, 6.45) is 1.35. The number of hydrogen-bond donors (Lipinski definition) is 0. The van der Waals surface area contributed by atoms with Gasteiger partial charge in [0.2, 0.25) is 0 Å². The molecule has 7 heteroatoms. The molecule has 0 fully saturated rings. The van der Waals surface area contributed by atoms with Crippen molar-refractivity contribution < 1.29 is 9.53 Å². The summed E-state index contributed by atoms with van der Waals surface area (Å²) >= 11 is 11.7. The van der Waals surface area contributed by atoms with E-state index in [1.54, 1.807) is 13.2 Å². The normalized spacial score (nSPS) is 10.8. The van der Waals surface area contributed by atoms with Gasteiger partial charge in [-0.1, -0.05) is 11.6 Å². The van der Waals surface area contributed by atoms with E-state index in [0.29, 0.717) is 16.5 Å². The molecule has 5 nitrogen and oxygen atoms in total. The molecule has 3 aromatic rings. The van der Waals surface area contributed by atoms with Crippen LogP contribution in [0.5, 0.6) is 5.75 Å². The Hall–Kier alpha value is -2.11. The summed E-state index contributed by atoms with van der Waals surface area (Å²) in [6.45, 7) is 0. The molecule has 1 aromatic carbocycles. The van der Waals surface area contributed by atoms with Crippen molar-refractivity contribution in [3.8, 4) is 17.0 Å². The van der Waals surface area contributed by atoms with Gasteiger partial charge in [-0.05, 0) is 35.9 Å². The lowest BCUT2D eigenvalue weighted by Crippen LogP contribution is -1.97. The summed E-state index contributed by atoms with van der Waals surface area (Å²) in [7, 11) is 1.60. The molecule has 21 heavy (non-hydrogen) atoms. The van der Waals surface area contributed by atoms with E-state index in [-0.39, 0.29) is 5.56 Å². The number of aromatic nitrogens is 3. The molecule has 0 amide bonds. The second kappa shape index (κ2) is 5.35. The Balaban J connectivity index is 2.18. The predicted molar refractivity (Wildman–Crippen MR) is 80.2 cm³/mol. The number of rotatable bonds is 3. The third kappa shape index (κ3) is 2.46. The summed E-state index contributed by atoms with van der Waals surface area (Å²) < 4.78 is 6.48. The van der Waals surface area contributed by atoms with Crippen LogP contribution in [-0.2, 0) is 0 Å². The maximum atomic E-state index is 11.4. The lowest BCUT2D eigenvalue weighted by Gasteiger charge is -2.05. The third-order valence-corrected chi connectivity index (χ3v) is 3.50. The minimum absolute atomic E-state index is 0.217. The van der Waals surface area contributed by atoms with E-state index in [2.05, 4.69) is 10.1 Å². The average molecular weight is 322 g/mol. The summed E-state index contributed by atoms with van der Waals surface area (Å²) in [6, 6.07) is 9.02. The highest BCUT2D eigenvalue weighted by atomic mass is 35.5. The second-order valence-corrected chi connectivity index (χ2v) is 4.99. The van der Waals surface area contributed by atoms with Crippen molar-refractivity contribution >= 4 is 34.1 Å². The Kier molecular flexibility index (Phi) is 3.53. The molecule has 0 atom stereocenters. The molecule has 0 bridgehead atoms. The van der Waals surface area contributed by atoms with Crippen LogP contribution in [0, 0.1) is 0 Å². The minimum Gasteiger partial charge on any atom is -0.497 e. The number of halogens is 2. The number of carbonyl (C=O) groups excluding carboxylic acids is 1. The van der Waals surface area contributed by atoms with Gasteiger partial charge in [0.1, 0.15) is 10.9 Å². The largest absolute Gasteiger partial charge is 0.497 e. The van der Waals surface area contributed by atoms with E-state index in [0.717, 1.165) is 11.3 Å². The smallest absolute Gasteiger partial charge is 0.257 e. The molecule has 3 rings (SSSR count). The standard InChI is InChI=1S/C14H9Cl2N3O2/c1-21-9-4-2-8(3-5-9)11-6-12(15)19-14(18-11)10(7-17-19)13(16)20/h2-7H,1H3. The van der Waals surface area contributed by atoms with Gasteiger partial charge in [-0.2, -0.15) is 5.10 Å². The zero-order valence-corrected chi connectivity index (χ0v) is 12.4. The van der Waals surface area contributed by atoms with E-state index >= 15 is 0 Å². The van der Waals surface area contributed by atoms with Gasteiger partial charge >= 0.3 is 0 Å². The maximum absolute atomic E-state index is 11.4. The van der Waals surface area contributed by atoms with Crippen LogP contribution in [0.2, 0.25) is 5.15 Å². The lowest BCUT2D eigenvalue weighted by molar-refractivity contribution is 0.108. The van der Waals surface area contributed by atoms with Crippen LogP contribution >= 0.6 is 23.2 Å². The quantitative estimate of drug-likeness (QED) is 0.547. The number of fused-ring (bicyclic) bond motifs is 1. The van der Waals surface area contributed by atoms with Crippen molar-refractivity contribution in [2.75, 3.05) is 7.11 Å². The third-order valence-electron chi connectivity index (χ3n) is 3.03. The monoisotopic (exact) mass is 321 g/mol. The van der Waals surface area contributed by atoms with Gasteiger partial charge in [0.05, 0.1) is 24.6 Å². The summed E-state index contributed by atoms with van der Waals surface area (Å²) in [5.41, 5.74) is 2.01. The molecule has 0 aliphatic rings. The van der Waals surface area contributed by atoms with E-state index in [1.807, 2.05) is 24.3 Å². The van der Waals surface area contributed by atoms with Gasteiger partial charge in [-0.3, -0.25) is 4.79 Å². The van der Waals surface area contributed by atoms with Gasteiger partial charge in [-0.15, -0.1) is 0 Å². The van der Waals surface area contributed by atoms with Gasteiger partial charge in [0.25, 0.3) is 5.24 Å². The Morgan fingerprint density at radius 3 is 2.62 bits per heavy atom. The zero-order chi connectivity index (χ0) is 15.0. The van der Waals surface area contributed by atoms with Crippen molar-refractivity contribution in [2.24, 2.45) is 0 Å². The van der Waals surface area contributed by atoms with Crippen LogP contribution in [-0.4, -0.2) is 27.0 Å². The predicted octanol–water partition coefficient (Wildman–Crippen LogP) is 3.44. The lowest BCUT2D eigenvalue weighted by atomic mass is 10.1. The van der Waals surface area contributed by atoms with Crippen molar-refractivity contribution in [3.05, 3.63) is 47.2 Å². The Morgan fingerprint density at radius 1 is 1.29 bits per heavy atom. The first kappa shape index (κ1) is 13.9. The molecule has 0 N–H and O–H groups in total. The Morgan fingerprint density at radius 2 is 2.00 bits per heavy atom. The molecular weight excluding hydrogens is 313 g/mol. The first-order valence-electron chi connectivity index (χ1n) is 5.98. The topological polar surface area (TPSA) is 56.5 Å². The maximum Gasteiger partial charge on any atom is 0.257 e. The summed E-state index contributed by atoms with van der Waals surface area (Å²) in [5, 5.41) is 3.72. The number of ether oxygens (including phenoxy) is 1. The molecular formula is C14H9Cl2N3O2. The Bertz CT molecular complexity index is 828. The van der Waals surface area contributed by atoms with E-state index < -0.39 is 5.24 Å². The number of nitrogens with zero attached hydrogens (tertiary/aromatic N) is 3. The molecule has 2 aromatic heterocycles. The Labute approximate surface area is 130 Å². The van der Waals surface area contributed by atoms with Gasteiger partial charge in [0.15, 0.2) is 5.65 Å². The molecule has 0 spiro atoms. The first-order valence-corrected chi connectivity index (χ1v) is 6.74. The van der Waals surface area contributed by atoms with Crippen LogP contribution in [0.15, 0.2) is 36.5 Å². The van der Waals surface area contributed by atoms with E-state index in [4.69, 9.17) is 27.9 Å². The fourth-order valence-electron chi connectivity index (χ4n) is 1.97. The molecule has 0 unspecified atom stereocenters. The van der Waals surface area contributed by atoms with Crippen LogP contribution in [0.3, 0.4) is 0 Å². The fraction of sp³-hybridized carbons (Fsp3) is 0.0714. The molecule has 0 radical (unpaired) electrons. The summed E-state index contributed by atoms with van der Waals surface area (Å²) in [5.74, 6) is 0.743.